The van der Waals surface area contributed by atoms with Gasteiger partial charge in [-0.25, -0.2) is 4.28 Å². The molecule has 2 aromatic rings. The van der Waals surface area contributed by atoms with E-state index in [4.69, 9.17) is 9.29 Å². The molecule has 1 aromatic heterocycles. The van der Waals surface area contributed by atoms with Crippen LogP contribution >= 0.6 is 11.8 Å². The van der Waals surface area contributed by atoms with Crippen molar-refractivity contribution >= 4 is 38.1 Å². The summed E-state index contributed by atoms with van der Waals surface area (Å²) in [7, 11) is -4.87. The van der Waals surface area contributed by atoms with Crippen LogP contribution in [0.4, 0.5) is 0 Å². The van der Waals surface area contributed by atoms with Crippen LogP contribution in [-0.2, 0) is 25.8 Å². The van der Waals surface area contributed by atoms with E-state index in [1.807, 2.05) is 24.3 Å². The van der Waals surface area contributed by atoms with E-state index >= 15 is 0 Å². The van der Waals surface area contributed by atoms with Crippen molar-refractivity contribution in [1.29, 1.82) is 0 Å². The lowest BCUT2D eigenvalue weighted by Crippen LogP contribution is -2.57. The molecule has 1 aliphatic rings. The molecule has 0 unspecified atom stereocenters. The summed E-state index contributed by atoms with van der Waals surface area (Å²) in [6.45, 7) is -0.613. The van der Waals surface area contributed by atoms with Crippen molar-refractivity contribution in [3.8, 4) is 0 Å². The van der Waals surface area contributed by atoms with Gasteiger partial charge in [0.25, 0.3) is 0 Å². The number of aromatic amines is 1. The maximum atomic E-state index is 10.9. The number of aromatic nitrogens is 1. The van der Waals surface area contributed by atoms with Crippen LogP contribution in [0.5, 0.6) is 0 Å². The Hall–Kier alpha value is -1.71. The maximum Gasteiger partial charge on any atom is 0.466 e. The minimum absolute atomic E-state index is 0.00305. The number of benzene rings is 1. The first kappa shape index (κ1) is 22.0. The lowest BCUT2D eigenvalue weighted by Gasteiger charge is -2.39. The number of thioether (sulfide) groups is 1. The molecule has 160 valence electrons. The fourth-order valence-corrected chi connectivity index (χ4v) is 4.24. The first-order chi connectivity index (χ1) is 13.7. The zero-order valence-electron chi connectivity index (χ0n) is 14.8. The Bertz CT molecular complexity index is 976. The van der Waals surface area contributed by atoms with E-state index in [2.05, 4.69) is 14.4 Å². The van der Waals surface area contributed by atoms with Gasteiger partial charge in [-0.3, -0.25) is 4.55 Å². The number of para-hydroxylation sites is 1. The summed E-state index contributed by atoms with van der Waals surface area (Å²) >= 11 is 0.727. The highest BCUT2D eigenvalue weighted by Crippen LogP contribution is 2.31. The lowest BCUT2D eigenvalue weighted by molar-refractivity contribution is -0.205. The van der Waals surface area contributed by atoms with Crippen LogP contribution < -0.4 is 0 Å². The van der Waals surface area contributed by atoms with Gasteiger partial charge in [0.05, 0.1) is 6.61 Å². The van der Waals surface area contributed by atoms with Gasteiger partial charge in [0.15, 0.2) is 0 Å². The third kappa shape index (κ3) is 5.26. The Labute approximate surface area is 169 Å². The van der Waals surface area contributed by atoms with Gasteiger partial charge in [0.1, 0.15) is 34.9 Å². The number of hydrogen-bond donors (Lipinski definition) is 6. The third-order valence-electron chi connectivity index (χ3n) is 4.35. The average Bonchev–Trinajstić information content (AvgIpc) is 3.08. The van der Waals surface area contributed by atoms with Gasteiger partial charge in [-0.05, 0) is 11.6 Å². The van der Waals surface area contributed by atoms with Gasteiger partial charge < -0.3 is 30.1 Å². The Balaban J connectivity index is 1.85. The number of nitrogens with one attached hydrogen (secondary N) is 1. The van der Waals surface area contributed by atoms with Crippen LogP contribution in [-0.4, -0.2) is 79.9 Å². The number of nitrogens with zero attached hydrogens (tertiary/aromatic N) is 1. The van der Waals surface area contributed by atoms with E-state index in [1.165, 1.54) is 0 Å². The van der Waals surface area contributed by atoms with Crippen molar-refractivity contribution in [2.24, 2.45) is 5.16 Å². The fraction of sp³-hybridized carbons (Fsp3) is 0.438. The maximum absolute atomic E-state index is 10.9. The Kier molecular flexibility index (Phi) is 6.80. The van der Waals surface area contributed by atoms with Crippen LogP contribution in [0.3, 0.4) is 0 Å². The largest absolute Gasteiger partial charge is 0.466 e. The van der Waals surface area contributed by atoms with Gasteiger partial charge in [-0.2, -0.15) is 8.42 Å². The molecule has 0 amide bonds. The number of H-pyrrole nitrogens is 1. The molecule has 0 bridgehead atoms. The zero-order chi connectivity index (χ0) is 21.2. The van der Waals surface area contributed by atoms with Gasteiger partial charge in [-0.15, -0.1) is 0 Å². The molecule has 1 aromatic carbocycles. The highest BCUT2D eigenvalue weighted by atomic mass is 32.3. The van der Waals surface area contributed by atoms with Crippen LogP contribution in [0.1, 0.15) is 5.56 Å². The fourth-order valence-electron chi connectivity index (χ4n) is 2.92. The van der Waals surface area contributed by atoms with E-state index in [1.54, 1.807) is 6.20 Å². The Morgan fingerprint density at radius 1 is 1.21 bits per heavy atom. The van der Waals surface area contributed by atoms with Gasteiger partial charge in [-0.1, -0.05) is 35.1 Å². The minimum Gasteiger partial charge on any atom is -0.394 e. The van der Waals surface area contributed by atoms with Crippen molar-refractivity contribution in [3.63, 3.8) is 0 Å². The Morgan fingerprint density at radius 3 is 2.62 bits per heavy atom. The molecule has 5 atom stereocenters. The molecular formula is C16H20N2O9S2. The third-order valence-corrected chi connectivity index (χ3v) is 5.73. The molecular weight excluding hydrogens is 428 g/mol. The number of fused-ring (bicyclic) bond motifs is 1. The Morgan fingerprint density at radius 2 is 1.93 bits per heavy atom. The van der Waals surface area contributed by atoms with Gasteiger partial charge in [0.2, 0.25) is 0 Å². The summed E-state index contributed by atoms with van der Waals surface area (Å²) in [5.41, 5.74) is 0.352. The van der Waals surface area contributed by atoms with Crippen molar-refractivity contribution < 1.29 is 42.4 Å². The predicted molar refractivity (Wildman–Crippen MR) is 103 cm³/mol. The highest BCUT2D eigenvalue weighted by molar-refractivity contribution is 8.14. The second-order valence-electron chi connectivity index (χ2n) is 6.34. The van der Waals surface area contributed by atoms with Gasteiger partial charge in [0, 0.05) is 23.5 Å². The van der Waals surface area contributed by atoms with Crippen LogP contribution in [0, 0.1) is 0 Å². The molecule has 0 radical (unpaired) electrons. The lowest BCUT2D eigenvalue weighted by atomic mass is 10.0. The first-order valence-corrected chi connectivity index (χ1v) is 10.7. The topological polar surface area (TPSA) is 182 Å². The van der Waals surface area contributed by atoms with E-state index in [9.17, 15) is 28.8 Å². The second kappa shape index (κ2) is 8.97. The van der Waals surface area contributed by atoms with Crippen LogP contribution in [0.2, 0.25) is 0 Å². The molecule has 3 rings (SSSR count). The first-order valence-electron chi connectivity index (χ1n) is 8.44. The average molecular weight is 448 g/mol. The van der Waals surface area contributed by atoms with Crippen molar-refractivity contribution in [2.75, 3.05) is 6.61 Å². The normalized spacial score (nSPS) is 28.6. The number of rotatable bonds is 6. The summed E-state index contributed by atoms with van der Waals surface area (Å²) in [6, 6.07) is 7.33. The van der Waals surface area contributed by atoms with E-state index < -0.39 is 46.9 Å². The molecule has 29 heavy (non-hydrogen) atoms. The molecule has 1 aliphatic heterocycles. The molecule has 0 saturated carbocycles. The second-order valence-corrected chi connectivity index (χ2v) is 8.51. The number of oxime groups is 1. The van der Waals surface area contributed by atoms with Crippen molar-refractivity contribution in [2.45, 2.75) is 36.3 Å². The number of aliphatic hydroxyl groups is 4. The predicted octanol–water partition coefficient (Wildman–Crippen LogP) is -0.624. The van der Waals surface area contributed by atoms with Crippen LogP contribution in [0.25, 0.3) is 10.9 Å². The number of ether oxygens (including phenoxy) is 1. The minimum atomic E-state index is -4.87. The molecule has 0 aliphatic carbocycles. The molecule has 6 N–H and O–H groups in total. The standard InChI is InChI=1S/C16H20N2O9S2/c19-7-11-13(20)14(21)15(22)16(26-11)28-12(18-27-29(23,24)25)5-8-6-17-10-4-2-1-3-9(8)10/h1-4,6,11,13-17,19-22H,5,7H2,(H,23,24,25)/b18-12-/t11-,13+,14+,15-,16+/m1/s1. The molecule has 0 spiro atoms. The number of hydrogen-bond acceptors (Lipinski definition) is 10. The van der Waals surface area contributed by atoms with E-state index in [-0.39, 0.29) is 11.5 Å². The summed E-state index contributed by atoms with van der Waals surface area (Å²) < 4.78 is 40.2. The van der Waals surface area contributed by atoms with E-state index in [0.29, 0.717) is 0 Å². The molecule has 1 saturated heterocycles. The zero-order valence-corrected chi connectivity index (χ0v) is 16.5. The van der Waals surface area contributed by atoms with Crippen LogP contribution in [0.15, 0.2) is 35.6 Å². The molecule has 13 heteroatoms. The van der Waals surface area contributed by atoms with Gasteiger partial charge >= 0.3 is 10.4 Å². The summed E-state index contributed by atoms with van der Waals surface area (Å²) in [5, 5.41) is 43.5. The monoisotopic (exact) mass is 448 g/mol. The number of aliphatic hydroxyl groups excluding tert-OH is 4. The van der Waals surface area contributed by atoms with E-state index in [0.717, 1.165) is 28.2 Å². The summed E-state index contributed by atoms with van der Waals surface area (Å²) in [6.07, 6.45) is -4.11. The van der Waals surface area contributed by atoms with Crippen molar-refractivity contribution in [1.82, 2.24) is 4.98 Å². The molecule has 1 fully saturated rings. The smallest absolute Gasteiger partial charge is 0.394 e. The quantitative estimate of drug-likeness (QED) is 0.144. The molecule has 11 nitrogen and oxygen atoms in total. The SMILES string of the molecule is O=S(=O)(O)O/N=C(/Cc1c[nH]c2ccccc12)S[C@@H]1O[C@H](CO)[C@H](O)[C@H](O)[C@H]1O. The summed E-state index contributed by atoms with van der Waals surface area (Å²) in [5.74, 6) is 0. The highest BCUT2D eigenvalue weighted by Gasteiger charge is 2.44. The molecule has 2 heterocycles. The summed E-state index contributed by atoms with van der Waals surface area (Å²) in [4.78, 5) is 3.05. The van der Waals surface area contributed by atoms with Crippen molar-refractivity contribution in [3.05, 3.63) is 36.0 Å².